The molecule has 3 rings (SSSR count). The largest absolute Gasteiger partial charge is 0.337 e. The summed E-state index contributed by atoms with van der Waals surface area (Å²) in [5.41, 5.74) is 1.50. The molecule has 2 heterocycles. The van der Waals surface area contributed by atoms with Crippen LogP contribution in [0.1, 0.15) is 11.6 Å². The van der Waals surface area contributed by atoms with E-state index in [2.05, 4.69) is 25.9 Å². The zero-order chi connectivity index (χ0) is 15.0. The van der Waals surface area contributed by atoms with Gasteiger partial charge in [-0.2, -0.15) is 0 Å². The van der Waals surface area contributed by atoms with Gasteiger partial charge in [0, 0.05) is 37.8 Å². The molecule has 7 heteroatoms. The smallest absolute Gasteiger partial charge is 0.139 e. The van der Waals surface area contributed by atoms with Crippen LogP contribution in [0.5, 0.6) is 0 Å². The third-order valence-corrected chi connectivity index (χ3v) is 4.20. The van der Waals surface area contributed by atoms with Crippen molar-refractivity contribution in [2.24, 2.45) is 7.05 Å². The molecule has 0 saturated carbocycles. The topological polar surface area (TPSA) is 35.6 Å². The highest BCUT2D eigenvalue weighted by atomic mass is 79.9. The zero-order valence-electron chi connectivity index (χ0n) is 11.4. The van der Waals surface area contributed by atoms with Crippen molar-refractivity contribution in [1.29, 1.82) is 0 Å². The minimum atomic E-state index is -0.305. The van der Waals surface area contributed by atoms with Crippen LogP contribution in [0.2, 0.25) is 0 Å². The monoisotopic (exact) mass is 370 g/mol. The van der Waals surface area contributed by atoms with Crippen LogP contribution < -0.4 is 0 Å². The summed E-state index contributed by atoms with van der Waals surface area (Å²) in [5, 5.41) is 0. The second-order valence-corrected chi connectivity index (χ2v) is 5.99. The standard InChI is InChI=1S/C14H13BrClFN4/c1-20-5-4-18-14(20)8-21-12-7-10(17)9(15)6-11(12)19-13(21)2-3-16/h4-7H,2-3,8H2,1H3. The van der Waals surface area contributed by atoms with Crippen LogP contribution in [0.15, 0.2) is 29.0 Å². The van der Waals surface area contributed by atoms with E-state index in [1.165, 1.54) is 6.07 Å². The van der Waals surface area contributed by atoms with Gasteiger partial charge in [-0.15, -0.1) is 11.6 Å². The first kappa shape index (κ1) is 14.5. The van der Waals surface area contributed by atoms with Crippen molar-refractivity contribution in [1.82, 2.24) is 19.1 Å². The number of aromatic nitrogens is 4. The van der Waals surface area contributed by atoms with Gasteiger partial charge in [0.25, 0.3) is 0 Å². The number of nitrogens with zero attached hydrogens (tertiary/aromatic N) is 4. The molecule has 1 aromatic carbocycles. The Morgan fingerprint density at radius 2 is 2.14 bits per heavy atom. The molecule has 0 aliphatic rings. The number of aryl methyl sites for hydroxylation is 2. The molecule has 110 valence electrons. The third kappa shape index (κ3) is 2.70. The number of halogens is 3. The van der Waals surface area contributed by atoms with E-state index in [0.717, 1.165) is 22.7 Å². The van der Waals surface area contributed by atoms with E-state index in [1.807, 2.05) is 22.4 Å². The number of rotatable bonds is 4. The molecule has 0 radical (unpaired) electrons. The maximum atomic E-state index is 13.8. The van der Waals surface area contributed by atoms with Gasteiger partial charge in [-0.1, -0.05) is 0 Å². The molecule has 0 aliphatic heterocycles. The summed E-state index contributed by atoms with van der Waals surface area (Å²) in [4.78, 5) is 8.88. The average Bonchev–Trinajstić information content (AvgIpc) is 2.98. The molecule has 0 amide bonds. The second-order valence-electron chi connectivity index (χ2n) is 4.76. The fraction of sp³-hybridized carbons (Fsp3) is 0.286. The fourth-order valence-electron chi connectivity index (χ4n) is 2.31. The van der Waals surface area contributed by atoms with E-state index in [0.29, 0.717) is 23.3 Å². The summed E-state index contributed by atoms with van der Waals surface area (Å²) in [6, 6.07) is 3.18. The van der Waals surface area contributed by atoms with E-state index in [4.69, 9.17) is 11.6 Å². The summed E-state index contributed by atoms with van der Waals surface area (Å²) in [6.07, 6.45) is 4.25. The van der Waals surface area contributed by atoms with Crippen molar-refractivity contribution in [2.45, 2.75) is 13.0 Å². The first-order valence-corrected chi connectivity index (χ1v) is 7.79. The molecule has 21 heavy (non-hydrogen) atoms. The molecule has 2 aromatic heterocycles. The maximum Gasteiger partial charge on any atom is 0.139 e. The Hall–Kier alpha value is -1.40. The Morgan fingerprint density at radius 1 is 1.33 bits per heavy atom. The predicted octanol–water partition coefficient (Wildman–Crippen LogP) is 3.50. The lowest BCUT2D eigenvalue weighted by molar-refractivity contribution is 0.620. The molecule has 0 bridgehead atoms. The van der Waals surface area contributed by atoms with Gasteiger partial charge >= 0.3 is 0 Å². The lowest BCUT2D eigenvalue weighted by atomic mass is 10.3. The summed E-state index contributed by atoms with van der Waals surface area (Å²) in [7, 11) is 1.93. The van der Waals surface area contributed by atoms with Crippen LogP contribution >= 0.6 is 27.5 Å². The molecular formula is C14H13BrClFN4. The van der Waals surface area contributed by atoms with Gasteiger partial charge in [0.2, 0.25) is 0 Å². The van der Waals surface area contributed by atoms with Gasteiger partial charge in [0.1, 0.15) is 17.5 Å². The Bertz CT molecular complexity index is 796. The third-order valence-electron chi connectivity index (χ3n) is 3.41. The molecule has 0 aliphatic carbocycles. The first-order chi connectivity index (χ1) is 10.1. The summed E-state index contributed by atoms with van der Waals surface area (Å²) in [6.45, 7) is 0.535. The second kappa shape index (κ2) is 5.77. The van der Waals surface area contributed by atoms with Gasteiger partial charge in [-0.05, 0) is 22.0 Å². The molecule has 0 fully saturated rings. The number of hydrogen-bond acceptors (Lipinski definition) is 2. The minimum Gasteiger partial charge on any atom is -0.337 e. The Kier molecular flexibility index (Phi) is 3.99. The summed E-state index contributed by atoms with van der Waals surface area (Å²) >= 11 is 9.05. The SMILES string of the molecule is Cn1ccnc1Cn1c(CCCl)nc2cc(Br)c(F)cc21. The number of imidazole rings is 2. The van der Waals surface area contributed by atoms with E-state index in [1.54, 1.807) is 12.3 Å². The van der Waals surface area contributed by atoms with Crippen molar-refractivity contribution >= 4 is 38.6 Å². The van der Waals surface area contributed by atoms with E-state index >= 15 is 0 Å². The quantitative estimate of drug-likeness (QED) is 0.658. The molecule has 0 unspecified atom stereocenters. The summed E-state index contributed by atoms with van der Waals surface area (Å²) in [5.74, 6) is 1.88. The van der Waals surface area contributed by atoms with Crippen LogP contribution in [0.3, 0.4) is 0 Å². The Labute approximate surface area is 134 Å². The number of fused-ring (bicyclic) bond motifs is 1. The highest BCUT2D eigenvalue weighted by molar-refractivity contribution is 9.10. The van der Waals surface area contributed by atoms with Gasteiger partial charge in [0.15, 0.2) is 0 Å². The Balaban J connectivity index is 2.15. The molecule has 0 spiro atoms. The highest BCUT2D eigenvalue weighted by Crippen LogP contribution is 2.25. The van der Waals surface area contributed by atoms with Crippen LogP contribution in [0.25, 0.3) is 11.0 Å². The van der Waals surface area contributed by atoms with Gasteiger partial charge in [-0.3, -0.25) is 0 Å². The van der Waals surface area contributed by atoms with E-state index in [9.17, 15) is 4.39 Å². The van der Waals surface area contributed by atoms with E-state index in [-0.39, 0.29) is 5.82 Å². The molecule has 3 aromatic rings. The van der Waals surface area contributed by atoms with E-state index < -0.39 is 0 Å². The van der Waals surface area contributed by atoms with Crippen LogP contribution in [0.4, 0.5) is 4.39 Å². The number of hydrogen-bond donors (Lipinski definition) is 0. The van der Waals surface area contributed by atoms with Crippen molar-refractivity contribution in [2.75, 3.05) is 5.88 Å². The van der Waals surface area contributed by atoms with Crippen molar-refractivity contribution in [3.63, 3.8) is 0 Å². The van der Waals surface area contributed by atoms with Crippen molar-refractivity contribution in [3.05, 3.63) is 46.5 Å². The van der Waals surface area contributed by atoms with Gasteiger partial charge in [-0.25, -0.2) is 14.4 Å². The fourth-order valence-corrected chi connectivity index (χ4v) is 2.81. The van der Waals surface area contributed by atoms with Crippen LogP contribution in [0, 0.1) is 5.82 Å². The predicted molar refractivity (Wildman–Crippen MR) is 84.1 cm³/mol. The van der Waals surface area contributed by atoms with Crippen LogP contribution in [-0.2, 0) is 20.0 Å². The van der Waals surface area contributed by atoms with Crippen LogP contribution in [-0.4, -0.2) is 25.0 Å². The zero-order valence-corrected chi connectivity index (χ0v) is 13.7. The molecule has 0 atom stereocenters. The summed E-state index contributed by atoms with van der Waals surface area (Å²) < 4.78 is 18.2. The molecule has 4 nitrogen and oxygen atoms in total. The highest BCUT2D eigenvalue weighted by Gasteiger charge is 2.15. The molecule has 0 saturated heterocycles. The normalized spacial score (nSPS) is 11.4. The number of benzene rings is 1. The minimum absolute atomic E-state index is 0.305. The van der Waals surface area contributed by atoms with Crippen molar-refractivity contribution in [3.8, 4) is 0 Å². The Morgan fingerprint density at radius 3 is 2.81 bits per heavy atom. The average molecular weight is 372 g/mol. The lowest BCUT2D eigenvalue weighted by Crippen LogP contribution is -2.09. The molecular weight excluding hydrogens is 359 g/mol. The van der Waals surface area contributed by atoms with Gasteiger partial charge in [0.05, 0.1) is 22.1 Å². The van der Waals surface area contributed by atoms with Crippen molar-refractivity contribution < 1.29 is 4.39 Å². The first-order valence-electron chi connectivity index (χ1n) is 6.46. The number of alkyl halides is 1. The maximum absolute atomic E-state index is 13.8. The molecule has 0 N–H and O–H groups in total. The van der Waals surface area contributed by atoms with Gasteiger partial charge < -0.3 is 9.13 Å². The lowest BCUT2D eigenvalue weighted by Gasteiger charge is -2.08.